The van der Waals surface area contributed by atoms with Crippen LogP contribution in [-0.2, 0) is 4.52 Å². The molecule has 12 heavy (non-hydrogen) atoms. The summed E-state index contributed by atoms with van der Waals surface area (Å²) in [5.74, 6) is 0.785. The van der Waals surface area contributed by atoms with Crippen molar-refractivity contribution in [1.82, 2.24) is 0 Å². The van der Waals surface area contributed by atoms with E-state index in [1.54, 1.807) is 0 Å². The van der Waals surface area contributed by atoms with E-state index in [0.29, 0.717) is 12.8 Å². The summed E-state index contributed by atoms with van der Waals surface area (Å²) in [5, 5.41) is 0. The lowest BCUT2D eigenvalue weighted by Gasteiger charge is -2.09. The zero-order chi connectivity index (χ0) is 9.45. The minimum atomic E-state index is -3.02. The highest BCUT2D eigenvalue weighted by molar-refractivity contribution is 7.80. The van der Waals surface area contributed by atoms with E-state index in [0.717, 1.165) is 25.0 Å². The fraction of sp³-hybridized carbons (Fsp3) is 1.00. The van der Waals surface area contributed by atoms with Crippen molar-refractivity contribution in [3.63, 3.8) is 0 Å². The molecule has 0 unspecified atom stereocenters. The Labute approximate surface area is 80.1 Å². The van der Waals surface area contributed by atoms with E-state index in [9.17, 15) is 9.79 Å². The third-order valence-electron chi connectivity index (χ3n) is 1.36. The first-order valence-corrected chi connectivity index (χ1v) is 6.64. The molecule has 0 amide bonds. The third-order valence-corrected chi connectivity index (χ3v) is 3.17. The second-order valence-corrected chi connectivity index (χ2v) is 5.13. The van der Waals surface area contributed by atoms with Gasteiger partial charge in [0.15, 0.2) is 0 Å². The summed E-state index contributed by atoms with van der Waals surface area (Å²) in [6.07, 6.45) is 2.86. The average Bonchev–Trinajstić information content (AvgIpc) is 2.01. The topological polar surface area (TPSA) is 49.7 Å². The highest BCUT2D eigenvalue weighted by Gasteiger charge is 2.33. The smallest absolute Gasteiger partial charge is 0.193 e. The molecule has 74 valence electrons. The fourth-order valence-corrected chi connectivity index (χ4v) is 2.19. The van der Waals surface area contributed by atoms with E-state index in [2.05, 4.69) is 12.6 Å². The minimum absolute atomic E-state index is 0.369. The van der Waals surface area contributed by atoms with Crippen molar-refractivity contribution < 1.29 is 14.3 Å². The van der Waals surface area contributed by atoms with Crippen LogP contribution < -0.4 is 0 Å². The summed E-state index contributed by atoms with van der Waals surface area (Å²) < 4.78 is 4.92. The standard InChI is InChI=1S/C7H17O3PS/c1-2-5-10-11(8,9)6-3-4-7-12/h8-9H,2-7H2,1H3/p+1. The Hall–Kier alpha value is 0.660. The first kappa shape index (κ1) is 12.7. The van der Waals surface area contributed by atoms with Gasteiger partial charge in [-0.1, -0.05) is 6.92 Å². The van der Waals surface area contributed by atoms with E-state index in [1.807, 2.05) is 6.92 Å². The molecule has 2 N–H and O–H groups in total. The molecule has 0 aliphatic carbocycles. The van der Waals surface area contributed by atoms with Crippen LogP contribution in [0.4, 0.5) is 0 Å². The molecule has 0 aromatic heterocycles. The van der Waals surface area contributed by atoms with Crippen molar-refractivity contribution >= 4 is 20.6 Å². The maximum Gasteiger partial charge on any atom is 0.406 e. The van der Waals surface area contributed by atoms with Gasteiger partial charge in [-0.2, -0.15) is 26.9 Å². The summed E-state index contributed by atoms with van der Waals surface area (Å²) in [6.45, 7) is 2.37. The Bertz CT molecular complexity index is 111. The number of unbranched alkanes of at least 4 members (excludes halogenated alkanes) is 1. The van der Waals surface area contributed by atoms with Crippen molar-refractivity contribution in [3.05, 3.63) is 0 Å². The predicted octanol–water partition coefficient (Wildman–Crippen LogP) is 1.87. The second kappa shape index (κ2) is 7.10. The summed E-state index contributed by atoms with van der Waals surface area (Å²) in [7, 11) is -3.02. The Morgan fingerprint density at radius 1 is 1.33 bits per heavy atom. The normalized spacial score (nSPS) is 12.0. The van der Waals surface area contributed by atoms with Crippen LogP contribution >= 0.6 is 20.6 Å². The van der Waals surface area contributed by atoms with Gasteiger partial charge in [-0.25, -0.2) is 0 Å². The van der Waals surface area contributed by atoms with Crippen LogP contribution in [-0.4, -0.2) is 28.3 Å². The highest BCUT2D eigenvalue weighted by atomic mass is 32.1. The molecule has 0 atom stereocenters. The van der Waals surface area contributed by atoms with Gasteiger partial charge in [-0.3, -0.25) is 0 Å². The van der Waals surface area contributed by atoms with Gasteiger partial charge < -0.3 is 0 Å². The summed E-state index contributed by atoms with van der Waals surface area (Å²) in [4.78, 5) is 18.6. The maximum absolute atomic E-state index is 9.29. The number of hydrogen-bond acceptors (Lipinski definition) is 4. The zero-order valence-electron chi connectivity index (χ0n) is 7.44. The molecule has 0 aliphatic heterocycles. The van der Waals surface area contributed by atoms with Crippen LogP contribution in [0.15, 0.2) is 0 Å². The van der Waals surface area contributed by atoms with E-state index >= 15 is 0 Å². The Balaban J connectivity index is 3.42. The molecule has 0 spiro atoms. The average molecular weight is 213 g/mol. The molecule has 0 rings (SSSR count). The van der Waals surface area contributed by atoms with Gasteiger partial charge in [-0.05, 0) is 25.0 Å². The van der Waals surface area contributed by atoms with Crippen molar-refractivity contribution in [2.75, 3.05) is 18.5 Å². The largest absolute Gasteiger partial charge is 0.406 e. The molecule has 0 aromatic rings. The van der Waals surface area contributed by atoms with Gasteiger partial charge in [-0.15, -0.1) is 0 Å². The molecule has 0 heterocycles. The molecule has 0 radical (unpaired) electrons. The number of thiol groups is 1. The van der Waals surface area contributed by atoms with Gasteiger partial charge in [0, 0.05) is 0 Å². The maximum atomic E-state index is 9.29. The van der Waals surface area contributed by atoms with Crippen molar-refractivity contribution in [2.45, 2.75) is 26.2 Å². The molecule has 0 saturated carbocycles. The van der Waals surface area contributed by atoms with Crippen molar-refractivity contribution in [1.29, 1.82) is 0 Å². The lowest BCUT2D eigenvalue weighted by atomic mass is 10.4. The molecule has 5 heteroatoms. The molecule has 0 aliphatic rings. The second-order valence-electron chi connectivity index (χ2n) is 2.65. The van der Waals surface area contributed by atoms with E-state index in [1.165, 1.54) is 0 Å². The van der Waals surface area contributed by atoms with Gasteiger partial charge in [0.25, 0.3) is 0 Å². The van der Waals surface area contributed by atoms with Crippen LogP contribution in [0, 0.1) is 0 Å². The molecule has 0 bridgehead atoms. The monoisotopic (exact) mass is 213 g/mol. The van der Waals surface area contributed by atoms with E-state index < -0.39 is 7.94 Å². The lowest BCUT2D eigenvalue weighted by molar-refractivity contribution is 0.228. The fourth-order valence-electron chi connectivity index (χ4n) is 0.732. The van der Waals surface area contributed by atoms with Crippen LogP contribution in [0.1, 0.15) is 26.2 Å². The first-order chi connectivity index (χ1) is 5.62. The van der Waals surface area contributed by atoms with Crippen LogP contribution in [0.2, 0.25) is 0 Å². The molecule has 0 fully saturated rings. The van der Waals surface area contributed by atoms with Gasteiger partial charge in [0.2, 0.25) is 0 Å². The van der Waals surface area contributed by atoms with Gasteiger partial charge in [0.1, 0.15) is 6.16 Å². The molecule has 0 saturated heterocycles. The van der Waals surface area contributed by atoms with Crippen molar-refractivity contribution in [3.8, 4) is 0 Å². The van der Waals surface area contributed by atoms with Crippen LogP contribution in [0.5, 0.6) is 0 Å². The van der Waals surface area contributed by atoms with Gasteiger partial charge in [0.05, 0.1) is 6.61 Å². The van der Waals surface area contributed by atoms with Crippen LogP contribution in [0.3, 0.4) is 0 Å². The van der Waals surface area contributed by atoms with Crippen LogP contribution in [0.25, 0.3) is 0 Å². The lowest BCUT2D eigenvalue weighted by Crippen LogP contribution is -2.02. The predicted molar refractivity (Wildman–Crippen MR) is 55.6 cm³/mol. The van der Waals surface area contributed by atoms with E-state index in [4.69, 9.17) is 4.52 Å². The molecular formula is C7H18O3PS+. The highest BCUT2D eigenvalue weighted by Crippen LogP contribution is 2.51. The first-order valence-electron chi connectivity index (χ1n) is 4.21. The number of rotatable bonds is 7. The summed E-state index contributed by atoms with van der Waals surface area (Å²) in [5.41, 5.74) is 0. The van der Waals surface area contributed by atoms with Gasteiger partial charge >= 0.3 is 7.94 Å². The molecular weight excluding hydrogens is 195 g/mol. The SMILES string of the molecule is CCCO[P+](O)(O)CCCCS. The number of hydrogen-bond donors (Lipinski definition) is 3. The van der Waals surface area contributed by atoms with Crippen molar-refractivity contribution in [2.24, 2.45) is 0 Å². The Morgan fingerprint density at radius 2 is 2.00 bits per heavy atom. The van der Waals surface area contributed by atoms with E-state index in [-0.39, 0.29) is 0 Å². The zero-order valence-corrected chi connectivity index (χ0v) is 9.23. The summed E-state index contributed by atoms with van der Waals surface area (Å²) in [6, 6.07) is 0. The Kier molecular flexibility index (Phi) is 7.49. The Morgan fingerprint density at radius 3 is 2.50 bits per heavy atom. The third kappa shape index (κ3) is 7.32. The minimum Gasteiger partial charge on any atom is -0.193 e. The molecule has 0 aromatic carbocycles. The molecule has 3 nitrogen and oxygen atoms in total. The summed E-state index contributed by atoms with van der Waals surface area (Å²) >= 11 is 4.03. The quantitative estimate of drug-likeness (QED) is 0.344.